The van der Waals surface area contributed by atoms with Crippen molar-refractivity contribution in [3.63, 3.8) is 0 Å². The highest BCUT2D eigenvalue weighted by Gasteiger charge is 2.08. The maximum Gasteiger partial charge on any atom is 0.258 e. The van der Waals surface area contributed by atoms with Crippen LogP contribution in [0.4, 0.5) is 10.1 Å². The zero-order valence-electron chi connectivity index (χ0n) is 12.0. The molecule has 2 aromatic carbocycles. The van der Waals surface area contributed by atoms with Crippen LogP contribution in [0, 0.1) is 5.82 Å². The Bertz CT molecular complexity index is 692. The number of ether oxygens (including phenoxy) is 1. The van der Waals surface area contributed by atoms with Crippen molar-refractivity contribution >= 4 is 33.4 Å². The molecule has 0 bridgehead atoms. The summed E-state index contributed by atoms with van der Waals surface area (Å²) in [7, 11) is 0. The van der Waals surface area contributed by atoms with E-state index < -0.39 is 5.91 Å². The summed E-state index contributed by atoms with van der Waals surface area (Å²) < 4.78 is 18.6. The third-order valence-corrected chi connectivity index (χ3v) is 3.47. The maximum absolute atomic E-state index is 12.7. The van der Waals surface area contributed by atoms with Gasteiger partial charge in [-0.25, -0.2) is 4.39 Å². The first-order chi connectivity index (χ1) is 11.0. The van der Waals surface area contributed by atoms with E-state index in [0.29, 0.717) is 11.4 Å². The van der Waals surface area contributed by atoms with Gasteiger partial charge in [0.25, 0.3) is 5.91 Å². The van der Waals surface area contributed by atoms with Crippen molar-refractivity contribution in [2.75, 3.05) is 18.5 Å². The number of hydrogen-bond donors (Lipinski definition) is 2. The van der Waals surface area contributed by atoms with Crippen molar-refractivity contribution in [3.05, 3.63) is 58.8 Å². The molecule has 2 amide bonds. The van der Waals surface area contributed by atoms with E-state index in [9.17, 15) is 14.0 Å². The minimum Gasteiger partial charge on any atom is -0.484 e. The summed E-state index contributed by atoms with van der Waals surface area (Å²) in [5.41, 5.74) is 0.620. The van der Waals surface area contributed by atoms with Crippen LogP contribution in [0.15, 0.2) is 53.0 Å². The first-order valence-corrected chi connectivity index (χ1v) is 7.53. The van der Waals surface area contributed by atoms with Crippen LogP contribution in [0.2, 0.25) is 0 Å². The molecule has 0 spiro atoms. The van der Waals surface area contributed by atoms with E-state index in [1.165, 1.54) is 24.3 Å². The summed E-state index contributed by atoms with van der Waals surface area (Å²) in [5.74, 6) is -0.812. The second-order valence-corrected chi connectivity index (χ2v) is 5.40. The SMILES string of the molecule is O=C(COc1ccc(F)cc1)NCC(=O)Nc1ccccc1Br. The first kappa shape index (κ1) is 17.0. The number of nitrogens with one attached hydrogen (secondary N) is 2. The van der Waals surface area contributed by atoms with Crippen LogP contribution >= 0.6 is 15.9 Å². The van der Waals surface area contributed by atoms with Crippen LogP contribution in [0.25, 0.3) is 0 Å². The van der Waals surface area contributed by atoms with Gasteiger partial charge in [0.15, 0.2) is 6.61 Å². The third-order valence-electron chi connectivity index (χ3n) is 2.78. The lowest BCUT2D eigenvalue weighted by molar-refractivity contribution is -0.125. The van der Waals surface area contributed by atoms with E-state index in [1.54, 1.807) is 18.2 Å². The average molecular weight is 381 g/mol. The van der Waals surface area contributed by atoms with Gasteiger partial charge in [-0.2, -0.15) is 0 Å². The predicted molar refractivity (Wildman–Crippen MR) is 87.7 cm³/mol. The molecule has 0 aliphatic heterocycles. The quantitative estimate of drug-likeness (QED) is 0.809. The molecular formula is C16H14BrFN2O3. The molecule has 0 aromatic heterocycles. The van der Waals surface area contributed by atoms with E-state index in [0.717, 1.165) is 4.47 Å². The lowest BCUT2D eigenvalue weighted by Gasteiger charge is -2.09. The van der Waals surface area contributed by atoms with Crippen molar-refractivity contribution in [2.24, 2.45) is 0 Å². The van der Waals surface area contributed by atoms with Crippen LogP contribution in [0.5, 0.6) is 5.75 Å². The van der Waals surface area contributed by atoms with Gasteiger partial charge in [-0.1, -0.05) is 12.1 Å². The number of para-hydroxylation sites is 1. The standard InChI is InChI=1S/C16H14BrFN2O3/c17-13-3-1-2-4-14(13)20-15(21)9-19-16(22)10-23-12-7-5-11(18)6-8-12/h1-8H,9-10H2,(H,19,22)(H,20,21). The summed E-state index contributed by atoms with van der Waals surface area (Å²) >= 11 is 3.31. The number of anilines is 1. The number of amides is 2. The zero-order chi connectivity index (χ0) is 16.7. The largest absolute Gasteiger partial charge is 0.484 e. The fourth-order valence-electron chi connectivity index (χ4n) is 1.67. The molecule has 5 nitrogen and oxygen atoms in total. The minimum atomic E-state index is -0.448. The van der Waals surface area contributed by atoms with Crippen molar-refractivity contribution in [3.8, 4) is 5.75 Å². The molecule has 23 heavy (non-hydrogen) atoms. The second-order valence-electron chi connectivity index (χ2n) is 4.55. The van der Waals surface area contributed by atoms with Crippen LogP contribution < -0.4 is 15.4 Å². The summed E-state index contributed by atoms with van der Waals surface area (Å²) in [6.45, 7) is -0.430. The van der Waals surface area contributed by atoms with E-state index in [-0.39, 0.29) is 24.9 Å². The Morgan fingerprint density at radius 2 is 1.74 bits per heavy atom. The van der Waals surface area contributed by atoms with E-state index in [2.05, 4.69) is 26.6 Å². The molecule has 0 radical (unpaired) electrons. The van der Waals surface area contributed by atoms with Crippen LogP contribution in [-0.2, 0) is 9.59 Å². The minimum absolute atomic E-state index is 0.174. The summed E-state index contributed by atoms with van der Waals surface area (Å²) in [5, 5.41) is 5.10. The molecule has 0 saturated carbocycles. The molecular weight excluding hydrogens is 367 g/mol. The van der Waals surface area contributed by atoms with Gasteiger partial charge in [-0.15, -0.1) is 0 Å². The lowest BCUT2D eigenvalue weighted by atomic mass is 10.3. The Morgan fingerprint density at radius 1 is 1.04 bits per heavy atom. The van der Waals surface area contributed by atoms with Gasteiger partial charge in [-0.05, 0) is 52.3 Å². The molecule has 0 fully saturated rings. The van der Waals surface area contributed by atoms with Gasteiger partial charge >= 0.3 is 0 Å². The molecule has 0 unspecified atom stereocenters. The molecule has 0 aliphatic rings. The predicted octanol–water partition coefficient (Wildman–Crippen LogP) is 2.72. The first-order valence-electron chi connectivity index (χ1n) is 6.74. The molecule has 2 N–H and O–H groups in total. The Balaban J connectivity index is 1.72. The van der Waals surface area contributed by atoms with E-state index in [4.69, 9.17) is 4.74 Å². The third kappa shape index (κ3) is 5.71. The van der Waals surface area contributed by atoms with Crippen molar-refractivity contribution in [1.29, 1.82) is 0 Å². The van der Waals surface area contributed by atoms with Gasteiger partial charge < -0.3 is 15.4 Å². The molecule has 7 heteroatoms. The van der Waals surface area contributed by atoms with Gasteiger partial charge in [0.1, 0.15) is 11.6 Å². The van der Waals surface area contributed by atoms with Gasteiger partial charge in [0.2, 0.25) is 5.91 Å². The Morgan fingerprint density at radius 3 is 2.43 bits per heavy atom. The monoisotopic (exact) mass is 380 g/mol. The molecule has 2 rings (SSSR count). The molecule has 0 aliphatic carbocycles. The number of hydrogen-bond acceptors (Lipinski definition) is 3. The van der Waals surface area contributed by atoms with Crippen LogP contribution in [-0.4, -0.2) is 25.0 Å². The molecule has 0 saturated heterocycles. The van der Waals surface area contributed by atoms with Crippen molar-refractivity contribution in [2.45, 2.75) is 0 Å². The maximum atomic E-state index is 12.7. The second kappa shape index (κ2) is 8.28. The topological polar surface area (TPSA) is 67.4 Å². The van der Waals surface area contributed by atoms with E-state index in [1.807, 2.05) is 6.07 Å². The van der Waals surface area contributed by atoms with E-state index >= 15 is 0 Å². The molecule has 0 atom stereocenters. The number of carbonyl (C=O) groups excluding carboxylic acids is 2. The number of carbonyl (C=O) groups is 2. The van der Waals surface area contributed by atoms with Gasteiger partial charge in [0, 0.05) is 4.47 Å². The highest BCUT2D eigenvalue weighted by molar-refractivity contribution is 9.10. The number of rotatable bonds is 6. The fraction of sp³-hybridized carbons (Fsp3) is 0.125. The number of halogens is 2. The molecule has 120 valence electrons. The van der Waals surface area contributed by atoms with Crippen LogP contribution in [0.3, 0.4) is 0 Å². The molecule has 2 aromatic rings. The normalized spacial score (nSPS) is 10.0. The average Bonchev–Trinajstić information content (AvgIpc) is 2.54. The Labute approximate surface area is 141 Å². The number of benzene rings is 2. The van der Waals surface area contributed by atoms with Gasteiger partial charge in [0.05, 0.1) is 12.2 Å². The van der Waals surface area contributed by atoms with Crippen molar-refractivity contribution < 1.29 is 18.7 Å². The Hall–Kier alpha value is -2.41. The zero-order valence-corrected chi connectivity index (χ0v) is 13.6. The van der Waals surface area contributed by atoms with Gasteiger partial charge in [-0.3, -0.25) is 9.59 Å². The summed E-state index contributed by atoms with van der Waals surface area (Å²) in [6, 6.07) is 12.5. The summed E-state index contributed by atoms with van der Waals surface area (Å²) in [4.78, 5) is 23.4. The smallest absolute Gasteiger partial charge is 0.258 e. The highest BCUT2D eigenvalue weighted by Crippen LogP contribution is 2.20. The fourth-order valence-corrected chi connectivity index (χ4v) is 2.05. The highest BCUT2D eigenvalue weighted by atomic mass is 79.9. The lowest BCUT2D eigenvalue weighted by Crippen LogP contribution is -2.35. The van der Waals surface area contributed by atoms with Crippen molar-refractivity contribution in [1.82, 2.24) is 5.32 Å². The van der Waals surface area contributed by atoms with Crippen LogP contribution in [0.1, 0.15) is 0 Å². The summed E-state index contributed by atoms with van der Waals surface area (Å²) in [6.07, 6.45) is 0. The Kier molecular flexibility index (Phi) is 6.10. The molecule has 0 heterocycles.